The molecule has 2 aromatic rings. The summed E-state index contributed by atoms with van der Waals surface area (Å²) in [6.07, 6.45) is 2.01. The van der Waals surface area contributed by atoms with Crippen LogP contribution < -0.4 is 5.32 Å². The van der Waals surface area contributed by atoms with Crippen molar-refractivity contribution in [3.05, 3.63) is 40.4 Å². The van der Waals surface area contributed by atoms with E-state index in [1.807, 2.05) is 29.2 Å². The summed E-state index contributed by atoms with van der Waals surface area (Å²) < 4.78 is 5.43. The molecule has 1 saturated heterocycles. The van der Waals surface area contributed by atoms with Crippen LogP contribution in [0.4, 0.5) is 5.13 Å². The fourth-order valence-electron chi connectivity index (χ4n) is 3.49. The van der Waals surface area contributed by atoms with E-state index in [2.05, 4.69) is 17.2 Å². The second-order valence-electron chi connectivity index (χ2n) is 6.79. The number of aromatic nitrogens is 1. The molecule has 6 nitrogen and oxygen atoms in total. The van der Waals surface area contributed by atoms with E-state index in [1.54, 1.807) is 11.8 Å². The van der Waals surface area contributed by atoms with Crippen molar-refractivity contribution in [3.8, 4) is 0 Å². The second kappa shape index (κ2) is 8.63. The molecular weight excluding hydrogens is 394 g/mol. The molecule has 0 saturated carbocycles. The van der Waals surface area contributed by atoms with Crippen LogP contribution in [0.2, 0.25) is 0 Å². The standard InChI is InChI=1S/C20H23N3O3S2/c1-2-27-16-8-4-3-6-13(16)19(25)23-10-9-14-17(12-23)28-20(21-14)22-18(24)15-7-5-11-26-15/h3-4,6,8,15H,2,5,7,9-12H2,1H3,(H,21,22,24). The molecule has 1 fully saturated rings. The Balaban J connectivity index is 1.45. The highest BCUT2D eigenvalue weighted by molar-refractivity contribution is 7.99. The number of fused-ring (bicyclic) bond motifs is 1. The highest BCUT2D eigenvalue weighted by Crippen LogP contribution is 2.31. The maximum absolute atomic E-state index is 13.1. The molecule has 2 amide bonds. The van der Waals surface area contributed by atoms with Gasteiger partial charge in [-0.05, 0) is 30.7 Å². The van der Waals surface area contributed by atoms with Crippen molar-refractivity contribution in [1.82, 2.24) is 9.88 Å². The molecule has 1 aromatic carbocycles. The van der Waals surface area contributed by atoms with Crippen LogP contribution in [0.3, 0.4) is 0 Å². The van der Waals surface area contributed by atoms with Gasteiger partial charge in [-0.1, -0.05) is 30.4 Å². The number of nitrogens with one attached hydrogen (secondary N) is 1. The molecule has 2 aliphatic heterocycles. The number of amides is 2. The Labute approximate surface area is 172 Å². The Kier molecular flexibility index (Phi) is 5.99. The van der Waals surface area contributed by atoms with E-state index in [0.29, 0.717) is 31.2 Å². The molecule has 8 heteroatoms. The molecule has 4 rings (SSSR count). The first-order valence-corrected chi connectivity index (χ1v) is 11.4. The van der Waals surface area contributed by atoms with Gasteiger partial charge in [-0.3, -0.25) is 14.9 Å². The minimum atomic E-state index is -0.369. The van der Waals surface area contributed by atoms with E-state index < -0.39 is 0 Å². The first kappa shape index (κ1) is 19.4. The van der Waals surface area contributed by atoms with Crippen LogP contribution in [-0.4, -0.2) is 46.7 Å². The Hall–Kier alpha value is -1.90. The number of ether oxygens (including phenoxy) is 1. The number of hydrogen-bond donors (Lipinski definition) is 1. The van der Waals surface area contributed by atoms with Crippen LogP contribution in [0.15, 0.2) is 29.2 Å². The number of anilines is 1. The SMILES string of the molecule is CCSc1ccccc1C(=O)N1CCc2nc(NC(=O)C3CCCO3)sc2C1. The van der Waals surface area contributed by atoms with Gasteiger partial charge in [0.2, 0.25) is 0 Å². The second-order valence-corrected chi connectivity index (χ2v) is 9.18. The minimum absolute atomic E-state index is 0.0561. The van der Waals surface area contributed by atoms with E-state index in [0.717, 1.165) is 39.6 Å². The van der Waals surface area contributed by atoms with Crippen molar-refractivity contribution in [2.24, 2.45) is 0 Å². The molecule has 1 aromatic heterocycles. The quantitative estimate of drug-likeness (QED) is 0.753. The van der Waals surface area contributed by atoms with Gasteiger partial charge < -0.3 is 9.64 Å². The molecule has 148 valence electrons. The molecule has 1 N–H and O–H groups in total. The van der Waals surface area contributed by atoms with Crippen LogP contribution in [0.5, 0.6) is 0 Å². The van der Waals surface area contributed by atoms with E-state index >= 15 is 0 Å². The molecule has 1 atom stereocenters. The third-order valence-corrected chi connectivity index (χ3v) is 6.84. The molecule has 3 heterocycles. The Morgan fingerprint density at radius 2 is 2.25 bits per heavy atom. The molecule has 0 aliphatic carbocycles. The summed E-state index contributed by atoms with van der Waals surface area (Å²) in [5.41, 5.74) is 1.74. The number of rotatable bonds is 5. The van der Waals surface area contributed by atoms with Crippen LogP contribution in [0.25, 0.3) is 0 Å². The summed E-state index contributed by atoms with van der Waals surface area (Å²) in [4.78, 5) is 33.8. The van der Waals surface area contributed by atoms with Gasteiger partial charge in [0.15, 0.2) is 5.13 Å². The fourth-order valence-corrected chi connectivity index (χ4v) is 5.31. The van der Waals surface area contributed by atoms with Crippen LogP contribution >= 0.6 is 23.1 Å². The Morgan fingerprint density at radius 1 is 1.39 bits per heavy atom. The summed E-state index contributed by atoms with van der Waals surface area (Å²) in [5, 5.41) is 3.48. The highest BCUT2D eigenvalue weighted by atomic mass is 32.2. The number of hydrogen-bond acceptors (Lipinski definition) is 6. The summed E-state index contributed by atoms with van der Waals surface area (Å²) >= 11 is 3.14. The molecular formula is C20H23N3O3S2. The first-order valence-electron chi connectivity index (χ1n) is 9.58. The van der Waals surface area contributed by atoms with Gasteiger partial charge >= 0.3 is 0 Å². The van der Waals surface area contributed by atoms with Crippen molar-refractivity contribution in [3.63, 3.8) is 0 Å². The zero-order valence-corrected chi connectivity index (χ0v) is 17.4. The van der Waals surface area contributed by atoms with Gasteiger partial charge in [0, 0.05) is 29.3 Å². The number of thiazole rings is 1. The van der Waals surface area contributed by atoms with E-state index in [9.17, 15) is 9.59 Å². The number of benzene rings is 1. The average molecular weight is 418 g/mol. The van der Waals surface area contributed by atoms with Crippen molar-refractivity contribution < 1.29 is 14.3 Å². The minimum Gasteiger partial charge on any atom is -0.368 e. The van der Waals surface area contributed by atoms with Gasteiger partial charge in [-0.15, -0.1) is 11.8 Å². The van der Waals surface area contributed by atoms with Crippen LogP contribution in [-0.2, 0) is 22.5 Å². The maximum atomic E-state index is 13.1. The number of carbonyl (C=O) groups is 2. The maximum Gasteiger partial charge on any atom is 0.255 e. The van der Waals surface area contributed by atoms with Gasteiger partial charge in [0.05, 0.1) is 17.8 Å². The zero-order chi connectivity index (χ0) is 19.5. The highest BCUT2D eigenvalue weighted by Gasteiger charge is 2.28. The molecule has 1 unspecified atom stereocenters. The normalized spacial score (nSPS) is 18.8. The summed E-state index contributed by atoms with van der Waals surface area (Å²) in [7, 11) is 0. The summed E-state index contributed by atoms with van der Waals surface area (Å²) in [6.45, 7) is 3.90. The predicted octanol–water partition coefficient (Wildman–Crippen LogP) is 3.57. The lowest BCUT2D eigenvalue weighted by molar-refractivity contribution is -0.124. The van der Waals surface area contributed by atoms with Crippen molar-refractivity contribution in [2.45, 2.75) is 43.7 Å². The van der Waals surface area contributed by atoms with Crippen molar-refractivity contribution >= 4 is 40.0 Å². The van der Waals surface area contributed by atoms with Gasteiger partial charge in [0.25, 0.3) is 11.8 Å². The summed E-state index contributed by atoms with van der Waals surface area (Å²) in [5.74, 6) is 0.861. The van der Waals surface area contributed by atoms with Gasteiger partial charge in [-0.25, -0.2) is 4.98 Å². The fraction of sp³-hybridized carbons (Fsp3) is 0.450. The lowest BCUT2D eigenvalue weighted by Gasteiger charge is -2.26. The largest absolute Gasteiger partial charge is 0.368 e. The first-order chi connectivity index (χ1) is 13.7. The van der Waals surface area contributed by atoms with Crippen molar-refractivity contribution in [1.29, 1.82) is 0 Å². The predicted molar refractivity (Wildman–Crippen MR) is 111 cm³/mol. The number of thioether (sulfide) groups is 1. The third-order valence-electron chi connectivity index (χ3n) is 4.89. The summed E-state index contributed by atoms with van der Waals surface area (Å²) in [6, 6.07) is 7.78. The molecule has 0 radical (unpaired) electrons. The topological polar surface area (TPSA) is 71.5 Å². The van der Waals surface area contributed by atoms with Crippen LogP contribution in [0, 0.1) is 0 Å². The lowest BCUT2D eigenvalue weighted by atomic mass is 10.1. The van der Waals surface area contributed by atoms with Crippen molar-refractivity contribution in [2.75, 3.05) is 24.2 Å². The Bertz CT molecular complexity index is 877. The third kappa shape index (κ3) is 4.09. The van der Waals surface area contributed by atoms with Gasteiger partial charge in [0.1, 0.15) is 6.10 Å². The molecule has 0 spiro atoms. The van der Waals surface area contributed by atoms with E-state index in [-0.39, 0.29) is 17.9 Å². The number of nitrogens with zero attached hydrogens (tertiary/aromatic N) is 2. The average Bonchev–Trinajstić information content (AvgIpc) is 3.37. The molecule has 0 bridgehead atoms. The van der Waals surface area contributed by atoms with Gasteiger partial charge in [-0.2, -0.15) is 0 Å². The van der Waals surface area contributed by atoms with E-state index in [1.165, 1.54) is 11.3 Å². The smallest absolute Gasteiger partial charge is 0.255 e. The monoisotopic (exact) mass is 417 g/mol. The molecule has 2 aliphatic rings. The molecule has 28 heavy (non-hydrogen) atoms. The van der Waals surface area contributed by atoms with E-state index in [4.69, 9.17) is 4.74 Å². The zero-order valence-electron chi connectivity index (χ0n) is 15.8. The number of carbonyl (C=O) groups excluding carboxylic acids is 2. The van der Waals surface area contributed by atoms with Crippen LogP contribution in [0.1, 0.15) is 40.7 Å². The Morgan fingerprint density at radius 3 is 3.04 bits per heavy atom. The lowest BCUT2D eigenvalue weighted by Crippen LogP contribution is -2.35.